The summed E-state index contributed by atoms with van der Waals surface area (Å²) in [6, 6.07) is 4.11. The number of esters is 1. The van der Waals surface area contributed by atoms with Gasteiger partial charge in [-0.3, -0.25) is 4.79 Å². The Morgan fingerprint density at radius 1 is 1.50 bits per heavy atom. The van der Waals surface area contributed by atoms with Gasteiger partial charge in [-0.15, -0.1) is 5.10 Å². The van der Waals surface area contributed by atoms with Gasteiger partial charge in [0.05, 0.1) is 18.2 Å². The SMILES string of the molecule is O=C(OCc1nnnn1C1CC1)[C@@H]1C[C@@H]1c1ccco1. The lowest BCUT2D eigenvalue weighted by Gasteiger charge is -2.04. The summed E-state index contributed by atoms with van der Waals surface area (Å²) >= 11 is 0. The summed E-state index contributed by atoms with van der Waals surface area (Å²) in [4.78, 5) is 12.0. The second-order valence-electron chi connectivity index (χ2n) is 5.34. The van der Waals surface area contributed by atoms with Gasteiger partial charge >= 0.3 is 5.97 Å². The molecule has 20 heavy (non-hydrogen) atoms. The van der Waals surface area contributed by atoms with Crippen molar-refractivity contribution in [2.45, 2.75) is 37.8 Å². The van der Waals surface area contributed by atoms with E-state index in [1.54, 1.807) is 10.9 Å². The molecule has 0 unspecified atom stereocenters. The Kier molecular flexibility index (Phi) is 2.58. The van der Waals surface area contributed by atoms with Crippen LogP contribution in [0.1, 0.15) is 42.8 Å². The monoisotopic (exact) mass is 274 g/mol. The Labute approximate surface area is 114 Å². The van der Waals surface area contributed by atoms with Crippen LogP contribution in [0, 0.1) is 5.92 Å². The molecule has 104 valence electrons. The summed E-state index contributed by atoms with van der Waals surface area (Å²) in [7, 11) is 0. The van der Waals surface area contributed by atoms with Crippen molar-refractivity contribution in [1.29, 1.82) is 0 Å². The van der Waals surface area contributed by atoms with Crippen LogP contribution >= 0.6 is 0 Å². The van der Waals surface area contributed by atoms with Crippen LogP contribution in [0.15, 0.2) is 22.8 Å². The summed E-state index contributed by atoms with van der Waals surface area (Å²) in [6.07, 6.45) is 4.60. The quantitative estimate of drug-likeness (QED) is 0.767. The highest BCUT2D eigenvalue weighted by Gasteiger charge is 2.47. The number of rotatable bonds is 5. The minimum Gasteiger partial charge on any atom is -0.469 e. The molecule has 7 nitrogen and oxygen atoms in total. The molecule has 2 heterocycles. The van der Waals surface area contributed by atoms with Gasteiger partial charge < -0.3 is 9.15 Å². The third-order valence-electron chi connectivity index (χ3n) is 3.80. The molecular weight excluding hydrogens is 260 g/mol. The normalized spacial score (nSPS) is 24.6. The summed E-state index contributed by atoms with van der Waals surface area (Å²) in [5, 5.41) is 11.5. The van der Waals surface area contributed by atoms with Crippen molar-refractivity contribution in [3.05, 3.63) is 30.0 Å². The molecule has 0 amide bonds. The van der Waals surface area contributed by atoms with Crippen LogP contribution in [-0.4, -0.2) is 26.2 Å². The van der Waals surface area contributed by atoms with Crippen LogP contribution in [-0.2, 0) is 16.1 Å². The Bertz CT molecular complexity index is 617. The number of nitrogens with zero attached hydrogens (tertiary/aromatic N) is 4. The molecule has 0 radical (unpaired) electrons. The van der Waals surface area contributed by atoms with E-state index in [1.807, 2.05) is 12.1 Å². The number of hydrogen-bond acceptors (Lipinski definition) is 6. The predicted molar refractivity (Wildman–Crippen MR) is 65.4 cm³/mol. The maximum Gasteiger partial charge on any atom is 0.310 e. The van der Waals surface area contributed by atoms with Gasteiger partial charge in [-0.2, -0.15) is 0 Å². The maximum absolute atomic E-state index is 12.0. The van der Waals surface area contributed by atoms with Crippen molar-refractivity contribution in [3.8, 4) is 0 Å². The molecule has 0 bridgehead atoms. The van der Waals surface area contributed by atoms with Gasteiger partial charge in [0.2, 0.25) is 0 Å². The molecule has 2 aliphatic rings. The lowest BCUT2D eigenvalue weighted by molar-refractivity contribution is -0.147. The first-order valence-electron chi connectivity index (χ1n) is 6.79. The molecule has 2 aromatic heterocycles. The first-order valence-corrected chi connectivity index (χ1v) is 6.79. The molecule has 4 rings (SSSR count). The Balaban J connectivity index is 1.34. The average molecular weight is 274 g/mol. The van der Waals surface area contributed by atoms with E-state index in [0.29, 0.717) is 11.9 Å². The Morgan fingerprint density at radius 3 is 3.15 bits per heavy atom. The van der Waals surface area contributed by atoms with Crippen molar-refractivity contribution >= 4 is 5.97 Å². The first-order chi connectivity index (χ1) is 9.83. The molecule has 2 saturated carbocycles. The molecule has 2 atom stereocenters. The van der Waals surface area contributed by atoms with E-state index in [1.165, 1.54) is 0 Å². The highest BCUT2D eigenvalue weighted by Crippen LogP contribution is 2.48. The van der Waals surface area contributed by atoms with Crippen LogP contribution in [0.4, 0.5) is 0 Å². The van der Waals surface area contributed by atoms with Crippen LogP contribution in [0.5, 0.6) is 0 Å². The zero-order valence-corrected chi connectivity index (χ0v) is 10.8. The fourth-order valence-electron chi connectivity index (χ4n) is 2.42. The molecule has 0 N–H and O–H groups in total. The molecule has 2 aromatic rings. The smallest absolute Gasteiger partial charge is 0.310 e. The third kappa shape index (κ3) is 2.09. The number of carbonyl (C=O) groups is 1. The van der Waals surface area contributed by atoms with Crippen LogP contribution in [0.2, 0.25) is 0 Å². The first kappa shape index (κ1) is 11.6. The minimum absolute atomic E-state index is 0.0913. The molecule has 0 saturated heterocycles. The summed E-state index contributed by atoms with van der Waals surface area (Å²) in [6.45, 7) is 0.143. The van der Waals surface area contributed by atoms with Gasteiger partial charge in [0.25, 0.3) is 0 Å². The molecule has 0 aromatic carbocycles. The number of hydrogen-bond donors (Lipinski definition) is 0. The van der Waals surface area contributed by atoms with Crippen molar-refractivity contribution < 1.29 is 13.9 Å². The van der Waals surface area contributed by atoms with Gasteiger partial charge in [0.15, 0.2) is 12.4 Å². The van der Waals surface area contributed by atoms with E-state index in [0.717, 1.165) is 25.0 Å². The molecule has 0 aliphatic heterocycles. The Hall–Kier alpha value is -2.18. The number of carbonyl (C=O) groups excluding carboxylic acids is 1. The van der Waals surface area contributed by atoms with Gasteiger partial charge in [-0.25, -0.2) is 4.68 Å². The lowest BCUT2D eigenvalue weighted by Crippen LogP contribution is -2.11. The maximum atomic E-state index is 12.0. The van der Waals surface area contributed by atoms with Gasteiger partial charge in [0, 0.05) is 5.92 Å². The van der Waals surface area contributed by atoms with Crippen molar-refractivity contribution in [3.63, 3.8) is 0 Å². The summed E-state index contributed by atoms with van der Waals surface area (Å²) < 4.78 is 12.4. The van der Waals surface area contributed by atoms with E-state index in [9.17, 15) is 4.79 Å². The van der Waals surface area contributed by atoms with Crippen LogP contribution in [0.3, 0.4) is 0 Å². The van der Waals surface area contributed by atoms with Gasteiger partial charge in [-0.05, 0) is 41.8 Å². The van der Waals surface area contributed by atoms with Gasteiger partial charge in [0.1, 0.15) is 5.76 Å². The van der Waals surface area contributed by atoms with E-state index in [4.69, 9.17) is 9.15 Å². The van der Waals surface area contributed by atoms with Crippen LogP contribution in [0.25, 0.3) is 0 Å². The highest BCUT2D eigenvalue weighted by molar-refractivity contribution is 5.77. The van der Waals surface area contributed by atoms with Crippen LogP contribution < -0.4 is 0 Å². The zero-order valence-electron chi connectivity index (χ0n) is 10.8. The van der Waals surface area contributed by atoms with Crippen molar-refractivity contribution in [2.24, 2.45) is 5.92 Å². The predicted octanol–water partition coefficient (Wildman–Crippen LogP) is 1.45. The number of aromatic nitrogens is 4. The second-order valence-corrected chi connectivity index (χ2v) is 5.34. The standard InChI is InChI=1S/C13H14N4O3/c18-13(10-6-9(10)11-2-1-5-19-11)20-7-12-14-15-16-17(12)8-3-4-8/h1-2,5,8-10H,3-4,6-7H2/t9-,10+/m0/s1. The fourth-order valence-corrected chi connectivity index (χ4v) is 2.42. The van der Waals surface area contributed by atoms with E-state index < -0.39 is 0 Å². The highest BCUT2D eigenvalue weighted by atomic mass is 16.5. The minimum atomic E-state index is -0.197. The van der Waals surface area contributed by atoms with Crippen molar-refractivity contribution in [1.82, 2.24) is 20.2 Å². The van der Waals surface area contributed by atoms with Crippen molar-refractivity contribution in [2.75, 3.05) is 0 Å². The summed E-state index contributed by atoms with van der Waals surface area (Å²) in [5.41, 5.74) is 0. The number of ether oxygens (including phenoxy) is 1. The molecule has 2 fully saturated rings. The molecule has 0 spiro atoms. The topological polar surface area (TPSA) is 83.0 Å². The number of furan rings is 1. The average Bonchev–Trinajstić information content (AvgIpc) is 3.36. The Morgan fingerprint density at radius 2 is 2.40 bits per heavy atom. The molecule has 2 aliphatic carbocycles. The second kappa shape index (κ2) is 4.43. The van der Waals surface area contributed by atoms with Gasteiger partial charge in [-0.1, -0.05) is 0 Å². The number of tetrazole rings is 1. The third-order valence-corrected chi connectivity index (χ3v) is 3.80. The fraction of sp³-hybridized carbons (Fsp3) is 0.538. The van der Waals surface area contributed by atoms with E-state index in [-0.39, 0.29) is 24.4 Å². The van der Waals surface area contributed by atoms with E-state index >= 15 is 0 Å². The summed E-state index contributed by atoms with van der Waals surface area (Å²) in [5.74, 6) is 1.35. The molecule has 7 heteroatoms. The zero-order chi connectivity index (χ0) is 13.5. The largest absolute Gasteiger partial charge is 0.469 e. The molecular formula is C13H14N4O3. The lowest BCUT2D eigenvalue weighted by atomic mass is 10.2. The van der Waals surface area contributed by atoms with E-state index in [2.05, 4.69) is 15.5 Å².